The van der Waals surface area contributed by atoms with E-state index in [9.17, 15) is 0 Å². The van der Waals surface area contributed by atoms with E-state index >= 15 is 0 Å². The number of ether oxygens (including phenoxy) is 1. The maximum Gasteiger partial charge on any atom is 0.0888 e. The van der Waals surface area contributed by atoms with E-state index in [0.717, 1.165) is 19.4 Å². The molecular formula is C8H15ClO. The van der Waals surface area contributed by atoms with Crippen LogP contribution in [0.15, 0.2) is 12.7 Å². The summed E-state index contributed by atoms with van der Waals surface area (Å²) in [4.78, 5) is 0. The van der Waals surface area contributed by atoms with E-state index in [4.69, 9.17) is 16.3 Å². The van der Waals surface area contributed by atoms with Crippen LogP contribution in [-0.4, -0.2) is 18.6 Å². The molecule has 1 unspecified atom stereocenters. The molecule has 0 aliphatic rings. The molecule has 0 aliphatic heterocycles. The highest BCUT2D eigenvalue weighted by atomic mass is 35.5. The Bertz CT molecular complexity index is 83.3. The Kier molecular flexibility index (Phi) is 7.09. The molecule has 0 fully saturated rings. The Labute approximate surface area is 68.0 Å². The molecule has 0 amide bonds. The first kappa shape index (κ1) is 9.99. The highest BCUT2D eigenvalue weighted by Crippen LogP contribution is 1.98. The van der Waals surface area contributed by atoms with Gasteiger partial charge in [0, 0.05) is 6.61 Å². The van der Waals surface area contributed by atoms with Crippen molar-refractivity contribution in [3.8, 4) is 0 Å². The van der Waals surface area contributed by atoms with Crippen LogP contribution in [0.4, 0.5) is 0 Å². The molecule has 0 aromatic carbocycles. The van der Waals surface area contributed by atoms with Gasteiger partial charge in [0.15, 0.2) is 0 Å². The van der Waals surface area contributed by atoms with Gasteiger partial charge in [0.25, 0.3) is 0 Å². The first-order valence-electron chi connectivity index (χ1n) is 3.65. The van der Waals surface area contributed by atoms with Crippen LogP contribution in [-0.2, 0) is 4.74 Å². The molecule has 2 heteroatoms. The molecule has 0 saturated carbocycles. The fourth-order valence-electron chi connectivity index (χ4n) is 0.555. The normalized spacial score (nSPS) is 13.0. The number of hydrogen-bond acceptors (Lipinski definition) is 1. The number of halogens is 1. The van der Waals surface area contributed by atoms with E-state index < -0.39 is 0 Å². The van der Waals surface area contributed by atoms with Crippen molar-refractivity contribution in [1.29, 1.82) is 0 Å². The van der Waals surface area contributed by atoms with E-state index in [1.54, 1.807) is 6.08 Å². The standard InChI is InChI=1S/C8H15ClO/c1-3-5-6-10-8(4-2)7-9/h4,8H,2-3,5-7H2,1H3. The minimum absolute atomic E-state index is 0.0354. The van der Waals surface area contributed by atoms with Gasteiger partial charge in [-0.15, -0.1) is 18.2 Å². The second kappa shape index (κ2) is 7.10. The van der Waals surface area contributed by atoms with Gasteiger partial charge in [-0.3, -0.25) is 0 Å². The van der Waals surface area contributed by atoms with Crippen LogP contribution < -0.4 is 0 Å². The van der Waals surface area contributed by atoms with Crippen molar-refractivity contribution >= 4 is 11.6 Å². The Morgan fingerprint density at radius 3 is 2.80 bits per heavy atom. The predicted molar refractivity (Wildman–Crippen MR) is 45.6 cm³/mol. The van der Waals surface area contributed by atoms with Gasteiger partial charge in [-0.2, -0.15) is 0 Å². The van der Waals surface area contributed by atoms with Gasteiger partial charge in [0.1, 0.15) is 0 Å². The lowest BCUT2D eigenvalue weighted by Crippen LogP contribution is -2.11. The molecule has 1 atom stereocenters. The lowest BCUT2D eigenvalue weighted by Gasteiger charge is -2.08. The van der Waals surface area contributed by atoms with Gasteiger partial charge in [-0.1, -0.05) is 19.4 Å². The number of rotatable bonds is 6. The summed E-state index contributed by atoms with van der Waals surface area (Å²) >= 11 is 5.55. The Morgan fingerprint density at radius 1 is 1.70 bits per heavy atom. The van der Waals surface area contributed by atoms with Crippen molar-refractivity contribution in [2.75, 3.05) is 12.5 Å². The molecule has 0 heterocycles. The van der Waals surface area contributed by atoms with Crippen LogP contribution in [0.25, 0.3) is 0 Å². The Morgan fingerprint density at radius 2 is 2.40 bits per heavy atom. The second-order valence-electron chi connectivity index (χ2n) is 2.15. The predicted octanol–water partition coefficient (Wildman–Crippen LogP) is 2.60. The van der Waals surface area contributed by atoms with Gasteiger partial charge in [-0.05, 0) is 6.42 Å². The maximum absolute atomic E-state index is 5.55. The molecule has 0 saturated heterocycles. The molecule has 1 nitrogen and oxygen atoms in total. The van der Waals surface area contributed by atoms with Crippen molar-refractivity contribution < 1.29 is 4.74 Å². The number of unbranched alkanes of at least 4 members (excludes halogenated alkanes) is 1. The number of alkyl halides is 1. The van der Waals surface area contributed by atoms with Crippen LogP contribution in [0.3, 0.4) is 0 Å². The fourth-order valence-corrected chi connectivity index (χ4v) is 0.770. The fraction of sp³-hybridized carbons (Fsp3) is 0.750. The van der Waals surface area contributed by atoms with Gasteiger partial charge in [-0.25, -0.2) is 0 Å². The molecular weight excluding hydrogens is 148 g/mol. The highest BCUT2D eigenvalue weighted by Gasteiger charge is 1.99. The summed E-state index contributed by atoms with van der Waals surface area (Å²) in [6.45, 7) is 6.52. The second-order valence-corrected chi connectivity index (χ2v) is 2.46. The minimum Gasteiger partial charge on any atom is -0.373 e. The molecule has 0 aromatic heterocycles. The summed E-state index contributed by atoms with van der Waals surface area (Å²) in [7, 11) is 0. The topological polar surface area (TPSA) is 9.23 Å². The van der Waals surface area contributed by atoms with E-state index in [-0.39, 0.29) is 6.10 Å². The largest absolute Gasteiger partial charge is 0.373 e. The maximum atomic E-state index is 5.55. The lowest BCUT2D eigenvalue weighted by atomic mass is 10.3. The zero-order valence-corrected chi connectivity index (χ0v) is 7.23. The Balaban J connectivity index is 3.17. The third kappa shape index (κ3) is 4.83. The van der Waals surface area contributed by atoms with Crippen LogP contribution in [0.2, 0.25) is 0 Å². The average molecular weight is 163 g/mol. The number of hydrogen-bond donors (Lipinski definition) is 0. The summed E-state index contributed by atoms with van der Waals surface area (Å²) in [6, 6.07) is 0. The van der Waals surface area contributed by atoms with Gasteiger partial charge in [0.05, 0.1) is 12.0 Å². The van der Waals surface area contributed by atoms with Crippen molar-refractivity contribution in [3.05, 3.63) is 12.7 Å². The monoisotopic (exact) mass is 162 g/mol. The molecule has 0 aliphatic carbocycles. The molecule has 60 valence electrons. The van der Waals surface area contributed by atoms with E-state index in [1.165, 1.54) is 0 Å². The van der Waals surface area contributed by atoms with Gasteiger partial charge < -0.3 is 4.74 Å². The molecule has 0 radical (unpaired) electrons. The first-order chi connectivity index (χ1) is 4.85. The SMILES string of the molecule is C=CC(CCl)OCCCC. The first-order valence-corrected chi connectivity index (χ1v) is 4.18. The van der Waals surface area contributed by atoms with Crippen LogP contribution in [0.1, 0.15) is 19.8 Å². The molecule has 0 spiro atoms. The van der Waals surface area contributed by atoms with Crippen LogP contribution >= 0.6 is 11.6 Å². The quantitative estimate of drug-likeness (QED) is 0.332. The Hall–Kier alpha value is -0.0100. The van der Waals surface area contributed by atoms with E-state index in [2.05, 4.69) is 13.5 Å². The highest BCUT2D eigenvalue weighted by molar-refractivity contribution is 6.18. The lowest BCUT2D eigenvalue weighted by molar-refractivity contribution is 0.0973. The average Bonchev–Trinajstić information content (AvgIpc) is 1.99. The summed E-state index contributed by atoms with van der Waals surface area (Å²) in [5.41, 5.74) is 0. The molecule has 0 rings (SSSR count). The zero-order chi connectivity index (χ0) is 7.82. The van der Waals surface area contributed by atoms with Crippen molar-refractivity contribution in [3.63, 3.8) is 0 Å². The third-order valence-corrected chi connectivity index (χ3v) is 1.55. The summed E-state index contributed by atoms with van der Waals surface area (Å²) < 4.78 is 5.33. The van der Waals surface area contributed by atoms with Crippen molar-refractivity contribution in [2.45, 2.75) is 25.9 Å². The van der Waals surface area contributed by atoms with E-state index in [0.29, 0.717) is 5.88 Å². The molecule has 0 bridgehead atoms. The van der Waals surface area contributed by atoms with Gasteiger partial charge in [0.2, 0.25) is 0 Å². The smallest absolute Gasteiger partial charge is 0.0888 e. The summed E-state index contributed by atoms with van der Waals surface area (Å²) in [6.07, 6.45) is 4.03. The minimum atomic E-state index is 0.0354. The van der Waals surface area contributed by atoms with Crippen molar-refractivity contribution in [1.82, 2.24) is 0 Å². The van der Waals surface area contributed by atoms with Gasteiger partial charge >= 0.3 is 0 Å². The summed E-state index contributed by atoms with van der Waals surface area (Å²) in [5, 5.41) is 0. The summed E-state index contributed by atoms with van der Waals surface area (Å²) in [5.74, 6) is 0.507. The van der Waals surface area contributed by atoms with E-state index in [1.807, 2.05) is 0 Å². The van der Waals surface area contributed by atoms with Crippen molar-refractivity contribution in [2.24, 2.45) is 0 Å². The molecule has 0 aromatic rings. The zero-order valence-electron chi connectivity index (χ0n) is 6.48. The van der Waals surface area contributed by atoms with Crippen LogP contribution in [0.5, 0.6) is 0 Å². The van der Waals surface area contributed by atoms with Crippen LogP contribution in [0, 0.1) is 0 Å². The molecule has 0 N–H and O–H groups in total. The molecule has 10 heavy (non-hydrogen) atoms. The third-order valence-electron chi connectivity index (χ3n) is 1.24.